The summed E-state index contributed by atoms with van der Waals surface area (Å²) >= 11 is 5.81. The predicted molar refractivity (Wildman–Crippen MR) is 81.6 cm³/mol. The first-order valence-corrected chi connectivity index (χ1v) is 7.36. The largest absolute Gasteiger partial charge is 0.351 e. The number of hydrogen-bond acceptors (Lipinski definition) is 3. The van der Waals surface area contributed by atoms with Crippen LogP contribution in [-0.4, -0.2) is 17.4 Å². The van der Waals surface area contributed by atoms with Crippen LogP contribution in [0.15, 0.2) is 29.8 Å². The molecule has 21 heavy (non-hydrogen) atoms. The number of nitrogens with zero attached hydrogens (tertiary/aromatic N) is 1. The molecule has 5 nitrogen and oxygen atoms in total. The molecule has 0 saturated heterocycles. The number of halogens is 1. The van der Waals surface area contributed by atoms with Crippen molar-refractivity contribution in [2.24, 2.45) is 0 Å². The van der Waals surface area contributed by atoms with Gasteiger partial charge in [0.1, 0.15) is 5.56 Å². The summed E-state index contributed by atoms with van der Waals surface area (Å²) in [6, 6.07) is 3.99. The average molecular weight is 309 g/mol. The minimum Gasteiger partial charge on any atom is -0.351 e. The Morgan fingerprint density at radius 3 is 2.86 bits per heavy atom. The van der Waals surface area contributed by atoms with E-state index in [0.717, 1.165) is 19.3 Å². The molecule has 0 unspecified atom stereocenters. The fourth-order valence-corrected chi connectivity index (χ4v) is 2.58. The van der Waals surface area contributed by atoms with Crippen LogP contribution in [0.4, 0.5) is 5.69 Å². The summed E-state index contributed by atoms with van der Waals surface area (Å²) in [5, 5.41) is 14.0. The highest BCUT2D eigenvalue weighted by Crippen LogP contribution is 2.23. The Bertz CT molecular complexity index is 584. The van der Waals surface area contributed by atoms with Crippen molar-refractivity contribution in [2.45, 2.75) is 32.1 Å². The number of benzene rings is 1. The molecule has 0 aliphatic heterocycles. The quantitative estimate of drug-likeness (QED) is 0.510. The topological polar surface area (TPSA) is 72.2 Å². The summed E-state index contributed by atoms with van der Waals surface area (Å²) in [7, 11) is 0. The highest BCUT2D eigenvalue weighted by atomic mass is 35.5. The van der Waals surface area contributed by atoms with Crippen molar-refractivity contribution in [3.8, 4) is 0 Å². The lowest BCUT2D eigenvalue weighted by Gasteiger charge is -2.13. The van der Waals surface area contributed by atoms with E-state index in [-0.39, 0.29) is 11.3 Å². The summed E-state index contributed by atoms with van der Waals surface area (Å²) in [6.07, 6.45) is 7.61. The fourth-order valence-electron chi connectivity index (χ4n) is 2.41. The van der Waals surface area contributed by atoms with Crippen LogP contribution in [0.2, 0.25) is 5.02 Å². The molecule has 0 atom stereocenters. The minimum absolute atomic E-state index is 0.00474. The SMILES string of the molecule is O=C(NCCC1=CCCCC1)c1cc(Cl)ccc1[N+](=O)[O-]. The number of amides is 1. The fraction of sp³-hybridized carbons (Fsp3) is 0.400. The normalized spacial score (nSPS) is 14.4. The Balaban J connectivity index is 1.98. The van der Waals surface area contributed by atoms with Gasteiger partial charge in [0, 0.05) is 17.6 Å². The van der Waals surface area contributed by atoms with Crippen LogP contribution in [0.25, 0.3) is 0 Å². The maximum absolute atomic E-state index is 12.1. The molecule has 6 heteroatoms. The average Bonchev–Trinajstić information content (AvgIpc) is 2.47. The Labute approximate surface area is 128 Å². The lowest BCUT2D eigenvalue weighted by Crippen LogP contribution is -2.25. The molecule has 0 fully saturated rings. The lowest BCUT2D eigenvalue weighted by atomic mass is 9.97. The maximum atomic E-state index is 12.1. The van der Waals surface area contributed by atoms with Gasteiger partial charge in [0.15, 0.2) is 0 Å². The number of hydrogen-bond donors (Lipinski definition) is 1. The molecule has 1 aromatic rings. The van der Waals surface area contributed by atoms with Crippen molar-refractivity contribution >= 4 is 23.2 Å². The highest BCUT2D eigenvalue weighted by Gasteiger charge is 2.20. The number of carbonyl (C=O) groups is 1. The van der Waals surface area contributed by atoms with Crippen molar-refractivity contribution < 1.29 is 9.72 Å². The zero-order chi connectivity index (χ0) is 15.2. The lowest BCUT2D eigenvalue weighted by molar-refractivity contribution is -0.385. The number of nitrogens with one attached hydrogen (secondary N) is 1. The standard InChI is InChI=1S/C15H17ClN2O3/c16-12-6-7-14(18(20)21)13(10-12)15(19)17-9-8-11-4-2-1-3-5-11/h4,6-7,10H,1-3,5,8-9H2,(H,17,19). The van der Waals surface area contributed by atoms with E-state index in [1.807, 2.05) is 0 Å². The Morgan fingerprint density at radius 2 is 2.19 bits per heavy atom. The van der Waals surface area contributed by atoms with E-state index >= 15 is 0 Å². The van der Waals surface area contributed by atoms with Crippen LogP contribution >= 0.6 is 11.6 Å². The molecule has 0 heterocycles. The van der Waals surface area contributed by atoms with E-state index in [2.05, 4.69) is 11.4 Å². The van der Waals surface area contributed by atoms with Crippen molar-refractivity contribution in [2.75, 3.05) is 6.54 Å². The second-order valence-electron chi connectivity index (χ2n) is 5.03. The van der Waals surface area contributed by atoms with Crippen LogP contribution in [0, 0.1) is 10.1 Å². The summed E-state index contributed by atoms with van der Waals surface area (Å²) in [6.45, 7) is 0.480. The van der Waals surface area contributed by atoms with E-state index in [4.69, 9.17) is 11.6 Å². The van der Waals surface area contributed by atoms with Gasteiger partial charge in [0.2, 0.25) is 0 Å². The van der Waals surface area contributed by atoms with Gasteiger partial charge in [-0.2, -0.15) is 0 Å². The minimum atomic E-state index is -0.574. The summed E-state index contributed by atoms with van der Waals surface area (Å²) in [5.74, 6) is -0.458. The van der Waals surface area contributed by atoms with Gasteiger partial charge < -0.3 is 5.32 Å². The van der Waals surface area contributed by atoms with Crippen LogP contribution in [-0.2, 0) is 0 Å². The number of allylic oxidation sites excluding steroid dienone is 1. The van der Waals surface area contributed by atoms with Gasteiger partial charge >= 0.3 is 0 Å². The molecule has 1 N–H and O–H groups in total. The summed E-state index contributed by atoms with van der Waals surface area (Å²) in [4.78, 5) is 22.4. The van der Waals surface area contributed by atoms with Gasteiger partial charge in [0.25, 0.3) is 11.6 Å². The van der Waals surface area contributed by atoms with Crippen LogP contribution in [0.5, 0.6) is 0 Å². The van der Waals surface area contributed by atoms with Crippen LogP contribution in [0.3, 0.4) is 0 Å². The third-order valence-electron chi connectivity index (χ3n) is 3.52. The van der Waals surface area contributed by atoms with E-state index in [1.54, 1.807) is 0 Å². The zero-order valence-electron chi connectivity index (χ0n) is 11.6. The highest BCUT2D eigenvalue weighted by molar-refractivity contribution is 6.31. The van der Waals surface area contributed by atoms with E-state index in [1.165, 1.54) is 36.6 Å². The van der Waals surface area contributed by atoms with Crippen LogP contribution in [0.1, 0.15) is 42.5 Å². The van der Waals surface area contributed by atoms with E-state index in [9.17, 15) is 14.9 Å². The molecule has 0 saturated carbocycles. The number of rotatable bonds is 5. The first-order chi connectivity index (χ1) is 10.1. The molecule has 0 aromatic heterocycles. The van der Waals surface area contributed by atoms with E-state index < -0.39 is 10.8 Å². The van der Waals surface area contributed by atoms with Gasteiger partial charge in [-0.3, -0.25) is 14.9 Å². The first kappa shape index (κ1) is 15.5. The number of nitro benzene ring substituents is 1. The molecule has 1 amide bonds. The molecule has 0 bridgehead atoms. The molecule has 112 valence electrons. The Hall–Kier alpha value is -1.88. The van der Waals surface area contributed by atoms with Gasteiger partial charge in [-0.1, -0.05) is 23.3 Å². The van der Waals surface area contributed by atoms with Crippen molar-refractivity contribution in [3.63, 3.8) is 0 Å². The smallest absolute Gasteiger partial charge is 0.282 e. The summed E-state index contributed by atoms with van der Waals surface area (Å²) in [5.41, 5.74) is 1.13. The molecular formula is C15H17ClN2O3. The van der Waals surface area contributed by atoms with Crippen molar-refractivity contribution in [1.29, 1.82) is 0 Å². The van der Waals surface area contributed by atoms with Gasteiger partial charge in [-0.15, -0.1) is 0 Å². The molecule has 0 spiro atoms. The Morgan fingerprint density at radius 1 is 1.38 bits per heavy atom. The van der Waals surface area contributed by atoms with Gasteiger partial charge in [-0.05, 0) is 44.2 Å². The second-order valence-corrected chi connectivity index (χ2v) is 5.47. The van der Waals surface area contributed by atoms with Gasteiger partial charge in [-0.25, -0.2) is 0 Å². The summed E-state index contributed by atoms with van der Waals surface area (Å²) < 4.78 is 0. The van der Waals surface area contributed by atoms with Crippen LogP contribution < -0.4 is 5.32 Å². The van der Waals surface area contributed by atoms with Crippen molar-refractivity contribution in [1.82, 2.24) is 5.32 Å². The predicted octanol–water partition coefficient (Wildman–Crippen LogP) is 3.87. The Kier molecular flexibility index (Phi) is 5.33. The monoisotopic (exact) mass is 308 g/mol. The molecule has 1 aromatic carbocycles. The third-order valence-corrected chi connectivity index (χ3v) is 3.75. The molecule has 0 radical (unpaired) electrons. The maximum Gasteiger partial charge on any atom is 0.282 e. The molecule has 2 rings (SSSR count). The zero-order valence-corrected chi connectivity index (χ0v) is 12.4. The van der Waals surface area contributed by atoms with Gasteiger partial charge in [0.05, 0.1) is 4.92 Å². The number of nitro groups is 1. The third kappa shape index (κ3) is 4.29. The van der Waals surface area contributed by atoms with Crippen molar-refractivity contribution in [3.05, 3.63) is 50.5 Å². The first-order valence-electron chi connectivity index (χ1n) is 6.98. The molecule has 1 aliphatic carbocycles. The molecular weight excluding hydrogens is 292 g/mol. The number of carbonyl (C=O) groups excluding carboxylic acids is 1. The second kappa shape index (κ2) is 7.22. The molecule has 1 aliphatic rings. The van der Waals surface area contributed by atoms with E-state index in [0.29, 0.717) is 11.6 Å².